The Bertz CT molecular complexity index is 1460. The first-order valence-electron chi connectivity index (χ1n) is 13.1. The van der Waals surface area contributed by atoms with Crippen LogP contribution in [0.25, 0.3) is 10.9 Å². The molecule has 2 aromatic heterocycles. The molecule has 1 saturated heterocycles. The van der Waals surface area contributed by atoms with Crippen LogP contribution in [0.3, 0.4) is 0 Å². The van der Waals surface area contributed by atoms with Gasteiger partial charge in [0.15, 0.2) is 17.1 Å². The van der Waals surface area contributed by atoms with Crippen molar-refractivity contribution in [1.29, 1.82) is 0 Å². The zero-order valence-electron chi connectivity index (χ0n) is 21.7. The Kier molecular flexibility index (Phi) is 7.51. The van der Waals surface area contributed by atoms with Crippen LogP contribution in [-0.2, 0) is 13.1 Å². The number of nitrogens with zero attached hydrogens (tertiary/aromatic N) is 5. The number of allylic oxidation sites excluding steroid dienone is 1. The Balaban J connectivity index is 1.54. The van der Waals surface area contributed by atoms with Gasteiger partial charge in [-0.05, 0) is 69.2 Å². The minimum absolute atomic E-state index is 0.153. The molecule has 2 aliphatic rings. The van der Waals surface area contributed by atoms with Gasteiger partial charge in [0.1, 0.15) is 0 Å². The summed E-state index contributed by atoms with van der Waals surface area (Å²) in [4.78, 5) is 26.5. The molecule has 0 radical (unpaired) electrons. The third-order valence-electron chi connectivity index (χ3n) is 7.52. The minimum atomic E-state index is -0.999. The van der Waals surface area contributed by atoms with Gasteiger partial charge in [0, 0.05) is 79.6 Å². The predicted molar refractivity (Wildman–Crippen MR) is 147 cm³/mol. The summed E-state index contributed by atoms with van der Waals surface area (Å²) < 4.78 is 30.3. The Morgan fingerprint density at radius 1 is 1.21 bits per heavy atom. The van der Waals surface area contributed by atoms with Gasteiger partial charge in [-0.15, -0.1) is 0 Å². The second-order valence-corrected chi connectivity index (χ2v) is 10.3. The van der Waals surface area contributed by atoms with Crippen LogP contribution in [0.15, 0.2) is 71.0 Å². The normalized spacial score (nSPS) is 18.3. The second-order valence-electron chi connectivity index (χ2n) is 10.3. The van der Waals surface area contributed by atoms with E-state index in [-0.39, 0.29) is 22.9 Å². The fraction of sp³-hybridized carbons (Fsp3) is 0.367. The number of likely N-dealkylation sites (tertiary alicyclic amines) is 1. The number of fused-ring (bicyclic) bond motifs is 1. The predicted octanol–water partition coefficient (Wildman–Crippen LogP) is 5.51. The molecule has 6 nitrogen and oxygen atoms in total. The summed E-state index contributed by atoms with van der Waals surface area (Å²) in [6.45, 7) is 12.2. The Hall–Kier alpha value is -3.65. The molecule has 2 fully saturated rings. The molecule has 1 aromatic carbocycles. The van der Waals surface area contributed by atoms with Crippen LogP contribution < -0.4 is 5.43 Å². The zero-order valence-corrected chi connectivity index (χ0v) is 21.7. The van der Waals surface area contributed by atoms with E-state index in [1.54, 1.807) is 18.5 Å². The van der Waals surface area contributed by atoms with E-state index in [0.29, 0.717) is 24.2 Å². The van der Waals surface area contributed by atoms with E-state index < -0.39 is 11.6 Å². The van der Waals surface area contributed by atoms with Crippen molar-refractivity contribution in [1.82, 2.24) is 19.4 Å². The lowest BCUT2D eigenvalue weighted by molar-refractivity contribution is 0.104. The molecule has 1 aliphatic heterocycles. The van der Waals surface area contributed by atoms with Gasteiger partial charge >= 0.3 is 0 Å². The highest BCUT2D eigenvalue weighted by Gasteiger charge is 2.29. The Morgan fingerprint density at radius 3 is 2.71 bits per heavy atom. The number of pyridine rings is 2. The fourth-order valence-electron chi connectivity index (χ4n) is 5.48. The van der Waals surface area contributed by atoms with Gasteiger partial charge in [-0.25, -0.2) is 8.78 Å². The zero-order chi connectivity index (χ0) is 26.8. The van der Waals surface area contributed by atoms with Crippen LogP contribution in [0.1, 0.15) is 48.5 Å². The number of rotatable bonds is 9. The summed E-state index contributed by atoms with van der Waals surface area (Å²) in [5.74, 6) is -1.93. The van der Waals surface area contributed by atoms with Crippen molar-refractivity contribution in [3.63, 3.8) is 0 Å². The molecule has 3 aromatic rings. The van der Waals surface area contributed by atoms with Crippen molar-refractivity contribution in [2.24, 2.45) is 4.99 Å². The first-order chi connectivity index (χ1) is 18.4. The van der Waals surface area contributed by atoms with Gasteiger partial charge in [-0.3, -0.25) is 19.7 Å². The Labute approximate surface area is 221 Å². The van der Waals surface area contributed by atoms with Crippen molar-refractivity contribution in [3.8, 4) is 0 Å². The summed E-state index contributed by atoms with van der Waals surface area (Å²) in [5, 5.41) is 0.229. The van der Waals surface area contributed by atoms with Crippen molar-refractivity contribution >= 4 is 17.6 Å². The maximum atomic E-state index is 14.2. The summed E-state index contributed by atoms with van der Waals surface area (Å²) in [5.41, 5.74) is 3.76. The van der Waals surface area contributed by atoms with E-state index in [0.717, 1.165) is 67.9 Å². The average molecular weight is 518 g/mol. The number of hydrogen-bond acceptors (Lipinski definition) is 5. The van der Waals surface area contributed by atoms with E-state index in [4.69, 9.17) is 0 Å². The van der Waals surface area contributed by atoms with Gasteiger partial charge in [0.25, 0.3) is 0 Å². The summed E-state index contributed by atoms with van der Waals surface area (Å²) in [6.07, 6.45) is 11.0. The molecule has 1 aliphatic carbocycles. The van der Waals surface area contributed by atoms with Gasteiger partial charge in [-0.2, -0.15) is 0 Å². The Morgan fingerprint density at radius 2 is 2.00 bits per heavy atom. The van der Waals surface area contributed by atoms with Crippen molar-refractivity contribution in [2.75, 3.05) is 13.1 Å². The van der Waals surface area contributed by atoms with Gasteiger partial charge < -0.3 is 9.47 Å². The first-order valence-corrected chi connectivity index (χ1v) is 13.1. The molecule has 5 rings (SSSR count). The third kappa shape index (κ3) is 5.45. The number of aliphatic imine (C=N–C) groups is 1. The lowest BCUT2D eigenvalue weighted by Gasteiger charge is -2.40. The number of piperidine rings is 1. The molecule has 38 heavy (non-hydrogen) atoms. The third-order valence-corrected chi connectivity index (χ3v) is 7.52. The lowest BCUT2D eigenvalue weighted by Crippen LogP contribution is -2.47. The monoisotopic (exact) mass is 517 g/mol. The molecule has 0 unspecified atom stereocenters. The van der Waals surface area contributed by atoms with E-state index in [9.17, 15) is 13.6 Å². The van der Waals surface area contributed by atoms with E-state index in [1.165, 1.54) is 0 Å². The van der Waals surface area contributed by atoms with Crippen LogP contribution >= 0.6 is 0 Å². The van der Waals surface area contributed by atoms with Crippen LogP contribution in [-0.4, -0.2) is 45.2 Å². The second kappa shape index (κ2) is 11.0. The number of benzene rings is 1. The van der Waals surface area contributed by atoms with Crippen LogP contribution in [0.4, 0.5) is 8.78 Å². The molecule has 1 saturated carbocycles. The molecule has 198 valence electrons. The molecule has 0 amide bonds. The van der Waals surface area contributed by atoms with Crippen LogP contribution in [0, 0.1) is 18.6 Å². The summed E-state index contributed by atoms with van der Waals surface area (Å²) >= 11 is 0. The van der Waals surface area contributed by atoms with Gasteiger partial charge in [0.2, 0.25) is 0 Å². The largest absolute Gasteiger partial charge is 0.369 e. The standard InChI is InChI=1S/C30H33F2N5O/c1-4-23(15-33-3)35-11-5-6-25(19-35)36(16-21-9-10-34-20(2)12-21)17-22-18-37(24-7-8-24)29-14-28(32)27(31)13-26(29)30(22)38/h4,9-10,12-15,18,24-25H,1,3,5-8,11,16-17,19H2,2H3/b23-15+/t25-/m0/s1. The van der Waals surface area contributed by atoms with Gasteiger partial charge in [-0.1, -0.05) is 6.58 Å². The first kappa shape index (κ1) is 26.0. The molecular weight excluding hydrogens is 484 g/mol. The quantitative estimate of drug-likeness (QED) is 0.277. The topological polar surface area (TPSA) is 53.7 Å². The molecule has 0 spiro atoms. The number of halogens is 2. The highest BCUT2D eigenvalue weighted by atomic mass is 19.2. The summed E-state index contributed by atoms with van der Waals surface area (Å²) in [7, 11) is 0. The molecule has 0 N–H and O–H groups in total. The lowest BCUT2D eigenvalue weighted by atomic mass is 10.0. The molecule has 1 atom stereocenters. The highest BCUT2D eigenvalue weighted by molar-refractivity contribution is 5.80. The van der Waals surface area contributed by atoms with Crippen molar-refractivity contribution < 1.29 is 8.78 Å². The van der Waals surface area contributed by atoms with E-state index in [2.05, 4.69) is 39.1 Å². The van der Waals surface area contributed by atoms with Crippen molar-refractivity contribution in [2.45, 2.75) is 57.8 Å². The summed E-state index contributed by atoms with van der Waals surface area (Å²) in [6, 6.07) is 6.62. The number of aryl methyl sites for hydroxylation is 1. The number of hydrogen-bond donors (Lipinski definition) is 0. The van der Waals surface area contributed by atoms with Gasteiger partial charge in [0.05, 0.1) is 11.2 Å². The van der Waals surface area contributed by atoms with E-state index >= 15 is 0 Å². The smallest absolute Gasteiger partial charge is 0.193 e. The maximum absolute atomic E-state index is 14.2. The molecule has 3 heterocycles. The highest BCUT2D eigenvalue weighted by Crippen LogP contribution is 2.37. The molecule has 8 heteroatoms. The fourth-order valence-corrected chi connectivity index (χ4v) is 5.48. The number of aromatic nitrogens is 2. The van der Waals surface area contributed by atoms with E-state index in [1.807, 2.05) is 23.8 Å². The average Bonchev–Trinajstić information content (AvgIpc) is 3.75. The van der Waals surface area contributed by atoms with Crippen LogP contribution in [0.5, 0.6) is 0 Å². The molecular formula is C30H33F2N5O. The maximum Gasteiger partial charge on any atom is 0.193 e. The van der Waals surface area contributed by atoms with Crippen molar-refractivity contribution in [3.05, 3.63) is 99.9 Å². The molecule has 0 bridgehead atoms. The minimum Gasteiger partial charge on any atom is -0.369 e. The van der Waals surface area contributed by atoms with Crippen LogP contribution in [0.2, 0.25) is 0 Å². The SMILES string of the molecule is C=C/C(=C\N=C)N1CCC[C@H](N(Cc2ccnc(C)c2)Cc2cn(C3CC3)c3cc(F)c(F)cc3c2=O)C1.